The lowest BCUT2D eigenvalue weighted by atomic mass is 9.91. The number of halogens is 4. The molecule has 12 heteroatoms. The van der Waals surface area contributed by atoms with E-state index in [0.29, 0.717) is 43.3 Å². The summed E-state index contributed by atoms with van der Waals surface area (Å²) in [5.41, 5.74) is 0.652. The van der Waals surface area contributed by atoms with Crippen LogP contribution in [0.2, 0.25) is 5.02 Å². The van der Waals surface area contributed by atoms with Crippen molar-refractivity contribution in [2.45, 2.75) is 44.6 Å². The van der Waals surface area contributed by atoms with E-state index >= 15 is 0 Å². The number of benzene rings is 1. The van der Waals surface area contributed by atoms with Gasteiger partial charge in [-0.2, -0.15) is 23.1 Å². The van der Waals surface area contributed by atoms with Crippen LogP contribution in [-0.2, 0) is 19.3 Å². The highest BCUT2D eigenvalue weighted by Crippen LogP contribution is 2.30. The molecule has 1 aliphatic rings. The van der Waals surface area contributed by atoms with Crippen molar-refractivity contribution in [2.75, 3.05) is 13.1 Å². The number of aryl methyl sites for hydroxylation is 1. The Balaban J connectivity index is 1.37. The van der Waals surface area contributed by atoms with Crippen LogP contribution in [0.15, 0.2) is 48.9 Å². The van der Waals surface area contributed by atoms with Gasteiger partial charge in [0.1, 0.15) is 0 Å². The molecule has 0 unspecified atom stereocenters. The Kier molecular flexibility index (Phi) is 7.00. The minimum absolute atomic E-state index is 0.00314. The topological polar surface area (TPSA) is 84.9 Å². The molecular formula is C23H25ClF3N7O. The zero-order valence-corrected chi connectivity index (χ0v) is 19.8. The molecule has 0 atom stereocenters. The molecule has 4 rings (SSSR count). The number of hydrogen-bond donors (Lipinski definition) is 1. The molecule has 0 amide bonds. The Hall–Kier alpha value is -3.18. The highest BCUT2D eigenvalue weighted by molar-refractivity contribution is 6.30. The van der Waals surface area contributed by atoms with E-state index in [0.717, 1.165) is 33.9 Å². The fraction of sp³-hybridized carbons (Fsp3) is 0.391. The predicted molar refractivity (Wildman–Crippen MR) is 124 cm³/mol. The zero-order valence-electron chi connectivity index (χ0n) is 19.1. The van der Waals surface area contributed by atoms with Crippen LogP contribution >= 0.6 is 11.6 Å². The Morgan fingerprint density at radius 2 is 2.03 bits per heavy atom. The van der Waals surface area contributed by atoms with Crippen molar-refractivity contribution in [3.63, 3.8) is 0 Å². The maximum Gasteiger partial charge on any atom is 0.419 e. The summed E-state index contributed by atoms with van der Waals surface area (Å²) in [5, 5.41) is 27.4. The predicted octanol–water partition coefficient (Wildman–Crippen LogP) is 3.95. The maximum atomic E-state index is 12.8. The minimum atomic E-state index is -4.46. The van der Waals surface area contributed by atoms with Crippen molar-refractivity contribution in [3.05, 3.63) is 76.5 Å². The van der Waals surface area contributed by atoms with Gasteiger partial charge in [-0.1, -0.05) is 30.3 Å². The largest absolute Gasteiger partial charge is 0.419 e. The normalized spacial score (nSPS) is 16.2. The van der Waals surface area contributed by atoms with Gasteiger partial charge in [0, 0.05) is 30.0 Å². The number of likely N-dealkylation sites (tertiary alicyclic amines) is 1. The van der Waals surface area contributed by atoms with E-state index in [4.69, 9.17) is 11.6 Å². The molecule has 1 aromatic carbocycles. The van der Waals surface area contributed by atoms with Gasteiger partial charge in [-0.3, -0.25) is 4.68 Å². The van der Waals surface area contributed by atoms with Gasteiger partial charge in [-0.15, -0.1) is 10.2 Å². The van der Waals surface area contributed by atoms with Crippen molar-refractivity contribution in [1.29, 1.82) is 0 Å². The number of tetrazole rings is 1. The molecule has 1 saturated heterocycles. The van der Waals surface area contributed by atoms with Gasteiger partial charge in [-0.05, 0) is 54.3 Å². The molecule has 0 aliphatic carbocycles. The van der Waals surface area contributed by atoms with E-state index in [9.17, 15) is 18.3 Å². The quantitative estimate of drug-likeness (QED) is 0.487. The van der Waals surface area contributed by atoms with E-state index in [1.54, 1.807) is 13.0 Å². The molecule has 0 radical (unpaired) electrons. The summed E-state index contributed by atoms with van der Waals surface area (Å²) in [7, 11) is 0. The van der Waals surface area contributed by atoms with Crippen LogP contribution in [0, 0.1) is 6.92 Å². The first-order valence-electron chi connectivity index (χ1n) is 11.0. The Morgan fingerprint density at radius 1 is 1.29 bits per heavy atom. The highest BCUT2D eigenvalue weighted by Gasteiger charge is 2.35. The highest BCUT2D eigenvalue weighted by atomic mass is 35.5. The molecule has 8 nitrogen and oxygen atoms in total. The molecule has 0 saturated carbocycles. The molecule has 186 valence electrons. The van der Waals surface area contributed by atoms with Crippen LogP contribution in [0.1, 0.15) is 35.4 Å². The van der Waals surface area contributed by atoms with Gasteiger partial charge in [0.15, 0.2) is 5.82 Å². The Morgan fingerprint density at radius 3 is 2.66 bits per heavy atom. The maximum absolute atomic E-state index is 12.8. The second-order valence-electron chi connectivity index (χ2n) is 8.67. The molecule has 35 heavy (non-hydrogen) atoms. The lowest BCUT2D eigenvalue weighted by Gasteiger charge is -2.39. The first-order valence-corrected chi connectivity index (χ1v) is 11.4. The molecule has 1 aliphatic heterocycles. The summed E-state index contributed by atoms with van der Waals surface area (Å²) in [5.74, 6) is 0.580. The van der Waals surface area contributed by atoms with Gasteiger partial charge in [0.05, 0.1) is 30.5 Å². The van der Waals surface area contributed by atoms with Crippen LogP contribution in [-0.4, -0.2) is 58.7 Å². The summed E-state index contributed by atoms with van der Waals surface area (Å²) in [6.45, 7) is 7.35. The standard InChI is InChI=1S/C23H25ClF3N7O/c1-16(3-4-18-5-6-21(24)11-19(18)13-34-30-17(2)29-31-34)32-9-7-22(35,8-10-32)15-33-14-20(12-28-33)23(25,26)27/h3-6,11-12,14,35H,1,7-10,13,15H2,2H3/b4-3+. The summed E-state index contributed by atoms with van der Waals surface area (Å²) >= 11 is 6.18. The second kappa shape index (κ2) is 9.82. The van der Waals surface area contributed by atoms with Gasteiger partial charge in [-0.25, -0.2) is 0 Å². The SMILES string of the molecule is C=C(/C=C/c1ccc(Cl)cc1Cn1nnc(C)n1)N1CCC(O)(Cn2cc(C(F)(F)F)cn2)CC1. The van der Waals surface area contributed by atoms with Crippen LogP contribution in [0.3, 0.4) is 0 Å². The molecule has 1 N–H and O–H groups in total. The lowest BCUT2D eigenvalue weighted by molar-refractivity contribution is -0.137. The fourth-order valence-electron chi connectivity index (χ4n) is 3.97. The molecule has 0 spiro atoms. The monoisotopic (exact) mass is 507 g/mol. The number of nitrogens with zero attached hydrogens (tertiary/aromatic N) is 7. The van der Waals surface area contributed by atoms with E-state index < -0.39 is 17.3 Å². The van der Waals surface area contributed by atoms with Crippen LogP contribution in [0.5, 0.6) is 0 Å². The van der Waals surface area contributed by atoms with Crippen molar-refractivity contribution in [1.82, 2.24) is 34.9 Å². The first-order chi connectivity index (χ1) is 16.5. The van der Waals surface area contributed by atoms with E-state index in [2.05, 4.69) is 27.1 Å². The number of rotatable bonds is 7. The molecule has 1 fully saturated rings. The number of alkyl halides is 3. The molecule has 3 aromatic rings. The van der Waals surface area contributed by atoms with Gasteiger partial charge < -0.3 is 10.0 Å². The minimum Gasteiger partial charge on any atom is -0.388 e. The van der Waals surface area contributed by atoms with Crippen LogP contribution in [0.4, 0.5) is 13.2 Å². The molecular weight excluding hydrogens is 483 g/mol. The van der Waals surface area contributed by atoms with E-state index in [1.807, 2.05) is 29.2 Å². The zero-order chi connectivity index (χ0) is 25.2. The second-order valence-corrected chi connectivity index (χ2v) is 9.11. The summed E-state index contributed by atoms with van der Waals surface area (Å²) in [4.78, 5) is 3.53. The van der Waals surface area contributed by atoms with Crippen molar-refractivity contribution >= 4 is 17.7 Å². The first kappa shape index (κ1) is 24.9. The van der Waals surface area contributed by atoms with Gasteiger partial charge in [0.2, 0.25) is 0 Å². The number of aromatic nitrogens is 6. The Bertz CT molecular complexity index is 1230. The van der Waals surface area contributed by atoms with Crippen LogP contribution in [0.25, 0.3) is 6.08 Å². The number of hydrogen-bond acceptors (Lipinski definition) is 6. The van der Waals surface area contributed by atoms with E-state index in [1.165, 1.54) is 4.80 Å². The summed E-state index contributed by atoms with van der Waals surface area (Å²) in [6.07, 6.45) is 1.82. The number of piperidine rings is 1. The van der Waals surface area contributed by atoms with Gasteiger partial charge >= 0.3 is 6.18 Å². The van der Waals surface area contributed by atoms with Crippen molar-refractivity contribution in [2.24, 2.45) is 0 Å². The Labute approximate surface area is 205 Å². The fourth-order valence-corrected chi connectivity index (χ4v) is 4.17. The average molecular weight is 508 g/mol. The van der Waals surface area contributed by atoms with E-state index in [-0.39, 0.29) is 6.54 Å². The third-order valence-electron chi connectivity index (χ3n) is 5.94. The van der Waals surface area contributed by atoms with Crippen molar-refractivity contribution in [3.8, 4) is 0 Å². The van der Waals surface area contributed by atoms with Crippen LogP contribution < -0.4 is 0 Å². The van der Waals surface area contributed by atoms with Gasteiger partial charge in [0.25, 0.3) is 0 Å². The summed E-state index contributed by atoms with van der Waals surface area (Å²) in [6, 6.07) is 5.55. The third kappa shape index (κ3) is 6.29. The molecule has 0 bridgehead atoms. The lowest BCUT2D eigenvalue weighted by Crippen LogP contribution is -2.46. The van der Waals surface area contributed by atoms with Crippen molar-refractivity contribution < 1.29 is 18.3 Å². The number of allylic oxidation sites excluding steroid dienone is 1. The number of aliphatic hydroxyl groups is 1. The third-order valence-corrected chi connectivity index (χ3v) is 6.18. The molecule has 2 aromatic heterocycles. The summed E-state index contributed by atoms with van der Waals surface area (Å²) < 4.78 is 39.6. The average Bonchev–Trinajstić information content (AvgIpc) is 3.42. The molecule has 3 heterocycles. The smallest absolute Gasteiger partial charge is 0.388 e.